The van der Waals surface area contributed by atoms with Crippen LogP contribution in [0.15, 0.2) is 22.7 Å². The maximum atomic E-state index is 5.76. The van der Waals surface area contributed by atoms with Crippen LogP contribution in [-0.4, -0.2) is 56.2 Å². The first-order chi connectivity index (χ1) is 8.63. The van der Waals surface area contributed by atoms with Crippen molar-refractivity contribution in [2.24, 2.45) is 0 Å². The minimum absolute atomic E-state index is 0.708. The van der Waals surface area contributed by atoms with E-state index in [4.69, 9.17) is 10.5 Å². The second-order valence-electron chi connectivity index (χ2n) is 4.71. The Morgan fingerprint density at radius 3 is 2.61 bits per heavy atom. The first-order valence-electron chi connectivity index (χ1n) is 6.23. The minimum atomic E-state index is 0.708. The van der Waals surface area contributed by atoms with Crippen LogP contribution in [0, 0.1) is 0 Å². The van der Waals surface area contributed by atoms with Gasteiger partial charge in [-0.3, -0.25) is 4.90 Å². The average molecular weight is 314 g/mol. The number of rotatable bonds is 4. The van der Waals surface area contributed by atoms with Crippen molar-refractivity contribution in [3.8, 4) is 5.75 Å². The van der Waals surface area contributed by atoms with E-state index in [1.54, 1.807) is 0 Å². The lowest BCUT2D eigenvalue weighted by Gasteiger charge is -2.32. The van der Waals surface area contributed by atoms with Crippen LogP contribution in [0.1, 0.15) is 0 Å². The topological polar surface area (TPSA) is 41.7 Å². The van der Waals surface area contributed by atoms with Gasteiger partial charge < -0.3 is 15.4 Å². The van der Waals surface area contributed by atoms with Gasteiger partial charge in [-0.2, -0.15) is 0 Å². The van der Waals surface area contributed by atoms with Crippen LogP contribution in [0.5, 0.6) is 5.75 Å². The summed E-state index contributed by atoms with van der Waals surface area (Å²) >= 11 is 3.41. The Kier molecular flexibility index (Phi) is 4.86. The van der Waals surface area contributed by atoms with E-state index in [0.717, 1.165) is 48.6 Å². The van der Waals surface area contributed by atoms with Crippen molar-refractivity contribution in [1.82, 2.24) is 9.80 Å². The highest BCUT2D eigenvalue weighted by molar-refractivity contribution is 9.10. The van der Waals surface area contributed by atoms with Gasteiger partial charge in [0.15, 0.2) is 0 Å². The first-order valence-corrected chi connectivity index (χ1v) is 7.02. The molecule has 0 bridgehead atoms. The first kappa shape index (κ1) is 13.6. The quantitative estimate of drug-likeness (QED) is 0.858. The van der Waals surface area contributed by atoms with E-state index in [1.807, 2.05) is 18.2 Å². The zero-order chi connectivity index (χ0) is 13.0. The molecule has 100 valence electrons. The molecule has 1 aromatic carbocycles. The molecule has 0 saturated carbocycles. The highest BCUT2D eigenvalue weighted by atomic mass is 79.9. The maximum absolute atomic E-state index is 5.76. The van der Waals surface area contributed by atoms with E-state index in [0.29, 0.717) is 6.61 Å². The van der Waals surface area contributed by atoms with Crippen molar-refractivity contribution >= 4 is 21.6 Å². The lowest BCUT2D eigenvalue weighted by molar-refractivity contribution is 0.134. The second kappa shape index (κ2) is 6.41. The summed E-state index contributed by atoms with van der Waals surface area (Å²) in [5.41, 5.74) is 6.48. The molecule has 5 heteroatoms. The van der Waals surface area contributed by atoms with Crippen LogP contribution in [-0.2, 0) is 0 Å². The fourth-order valence-corrected chi connectivity index (χ4v) is 2.52. The molecule has 0 aliphatic carbocycles. The number of nitrogens with two attached hydrogens (primary N) is 1. The highest BCUT2D eigenvalue weighted by Crippen LogP contribution is 2.22. The Labute approximate surface area is 117 Å². The monoisotopic (exact) mass is 313 g/mol. The molecule has 1 aromatic rings. The summed E-state index contributed by atoms with van der Waals surface area (Å²) in [7, 11) is 2.16. The number of hydrogen-bond donors (Lipinski definition) is 1. The molecule has 2 rings (SSSR count). The van der Waals surface area contributed by atoms with E-state index in [2.05, 4.69) is 32.8 Å². The second-order valence-corrected chi connectivity index (χ2v) is 5.63. The third-order valence-corrected chi connectivity index (χ3v) is 3.62. The number of nitrogen functional groups attached to an aromatic ring is 1. The number of nitrogens with zero attached hydrogens (tertiary/aromatic N) is 2. The van der Waals surface area contributed by atoms with Crippen LogP contribution in [0.3, 0.4) is 0 Å². The van der Waals surface area contributed by atoms with Crippen LogP contribution >= 0.6 is 15.9 Å². The van der Waals surface area contributed by atoms with Crippen molar-refractivity contribution < 1.29 is 4.74 Å². The summed E-state index contributed by atoms with van der Waals surface area (Å²) < 4.78 is 6.69. The summed E-state index contributed by atoms with van der Waals surface area (Å²) in [5.74, 6) is 0.830. The van der Waals surface area contributed by atoms with Crippen LogP contribution in [0.4, 0.5) is 5.69 Å². The molecular formula is C13H20BrN3O. The summed E-state index contributed by atoms with van der Waals surface area (Å²) in [5, 5.41) is 0. The van der Waals surface area contributed by atoms with Gasteiger partial charge in [0.1, 0.15) is 12.4 Å². The van der Waals surface area contributed by atoms with Gasteiger partial charge in [-0.05, 0) is 19.2 Å². The molecule has 0 amide bonds. The van der Waals surface area contributed by atoms with Gasteiger partial charge in [-0.1, -0.05) is 15.9 Å². The minimum Gasteiger partial charge on any atom is -0.492 e. The smallest absolute Gasteiger partial charge is 0.122 e. The Morgan fingerprint density at radius 2 is 1.94 bits per heavy atom. The van der Waals surface area contributed by atoms with E-state index in [1.165, 1.54) is 0 Å². The number of ether oxygens (including phenoxy) is 1. The van der Waals surface area contributed by atoms with E-state index in [-0.39, 0.29) is 0 Å². The molecule has 18 heavy (non-hydrogen) atoms. The third-order valence-electron chi connectivity index (χ3n) is 3.17. The van der Waals surface area contributed by atoms with Crippen molar-refractivity contribution in [1.29, 1.82) is 0 Å². The fraction of sp³-hybridized carbons (Fsp3) is 0.538. The molecule has 1 heterocycles. The van der Waals surface area contributed by atoms with Gasteiger partial charge in [0.25, 0.3) is 0 Å². The average Bonchev–Trinajstić information content (AvgIpc) is 2.30. The van der Waals surface area contributed by atoms with Crippen molar-refractivity contribution in [2.45, 2.75) is 0 Å². The number of likely N-dealkylation sites (N-methyl/N-ethyl adjacent to an activating group) is 1. The normalized spacial score (nSPS) is 17.9. The third kappa shape index (κ3) is 4.15. The number of halogens is 1. The summed E-state index contributed by atoms with van der Waals surface area (Å²) in [4.78, 5) is 4.79. The standard InChI is InChI=1S/C13H20BrN3O/c1-16-2-4-17(5-3-16)6-7-18-13-9-11(14)8-12(15)10-13/h8-10H,2-7,15H2,1H3. The molecule has 4 nitrogen and oxygen atoms in total. The zero-order valence-electron chi connectivity index (χ0n) is 10.7. The number of hydrogen-bond acceptors (Lipinski definition) is 4. The van der Waals surface area contributed by atoms with Gasteiger partial charge >= 0.3 is 0 Å². The fourth-order valence-electron chi connectivity index (χ4n) is 2.03. The molecule has 1 saturated heterocycles. The molecule has 1 fully saturated rings. The number of piperazine rings is 1. The Hall–Kier alpha value is -0.780. The van der Waals surface area contributed by atoms with Crippen LogP contribution < -0.4 is 10.5 Å². The Morgan fingerprint density at radius 1 is 1.22 bits per heavy atom. The molecule has 0 atom stereocenters. The summed E-state index contributed by atoms with van der Waals surface area (Å²) in [6.07, 6.45) is 0. The van der Waals surface area contributed by atoms with Gasteiger partial charge in [0.05, 0.1) is 0 Å². The van der Waals surface area contributed by atoms with Crippen LogP contribution in [0.2, 0.25) is 0 Å². The van der Waals surface area contributed by atoms with Gasteiger partial charge in [-0.15, -0.1) is 0 Å². The number of benzene rings is 1. The van der Waals surface area contributed by atoms with E-state index in [9.17, 15) is 0 Å². The molecule has 1 aliphatic heterocycles. The molecule has 0 aromatic heterocycles. The van der Waals surface area contributed by atoms with E-state index >= 15 is 0 Å². The summed E-state index contributed by atoms with van der Waals surface area (Å²) in [6, 6.07) is 5.67. The zero-order valence-corrected chi connectivity index (χ0v) is 12.3. The molecule has 0 radical (unpaired) electrons. The maximum Gasteiger partial charge on any atom is 0.122 e. The van der Waals surface area contributed by atoms with Crippen molar-refractivity contribution in [2.75, 3.05) is 52.1 Å². The predicted octanol–water partition coefficient (Wildman–Crippen LogP) is 1.66. The van der Waals surface area contributed by atoms with Crippen molar-refractivity contribution in [3.05, 3.63) is 22.7 Å². The Bertz CT molecular complexity index is 372. The largest absolute Gasteiger partial charge is 0.492 e. The lowest BCUT2D eigenvalue weighted by Crippen LogP contribution is -2.45. The predicted molar refractivity (Wildman–Crippen MR) is 78.0 cm³/mol. The number of anilines is 1. The SMILES string of the molecule is CN1CCN(CCOc2cc(N)cc(Br)c2)CC1. The molecule has 0 spiro atoms. The molecule has 0 unspecified atom stereocenters. The molecule has 2 N–H and O–H groups in total. The van der Waals surface area contributed by atoms with Gasteiger partial charge in [-0.25, -0.2) is 0 Å². The molecule has 1 aliphatic rings. The molecular weight excluding hydrogens is 294 g/mol. The highest BCUT2D eigenvalue weighted by Gasteiger charge is 2.13. The van der Waals surface area contributed by atoms with Crippen LogP contribution in [0.25, 0.3) is 0 Å². The summed E-state index contributed by atoms with van der Waals surface area (Å²) in [6.45, 7) is 6.22. The van der Waals surface area contributed by atoms with Gasteiger partial charge in [0, 0.05) is 49.0 Å². The van der Waals surface area contributed by atoms with Crippen molar-refractivity contribution in [3.63, 3.8) is 0 Å². The van der Waals surface area contributed by atoms with E-state index < -0.39 is 0 Å². The Balaban J connectivity index is 1.74. The van der Waals surface area contributed by atoms with Gasteiger partial charge in [0.2, 0.25) is 0 Å². The lowest BCUT2D eigenvalue weighted by atomic mass is 10.3.